The molecule has 2 aromatic carbocycles. The lowest BCUT2D eigenvalue weighted by molar-refractivity contribution is 0.0840. The first-order valence-corrected chi connectivity index (χ1v) is 10.8. The summed E-state index contributed by atoms with van der Waals surface area (Å²) >= 11 is 0. The topological polar surface area (TPSA) is 85.9 Å². The van der Waals surface area contributed by atoms with Crippen LogP contribution < -0.4 is 20.3 Å². The Morgan fingerprint density at radius 3 is 2.26 bits per heavy atom. The van der Waals surface area contributed by atoms with Gasteiger partial charge in [0.1, 0.15) is 18.1 Å². The minimum Gasteiger partial charge on any atom is -0.494 e. The number of hydrogen-bond acceptors (Lipinski definition) is 5. The first-order valence-electron chi connectivity index (χ1n) is 10.8. The third-order valence-corrected chi connectivity index (χ3v) is 4.49. The van der Waals surface area contributed by atoms with Crippen LogP contribution in [0, 0.1) is 0 Å². The molecule has 0 saturated carbocycles. The van der Waals surface area contributed by atoms with Crippen LogP contribution in [0.5, 0.6) is 11.5 Å². The minimum absolute atomic E-state index is 0.325. The second-order valence-corrected chi connectivity index (χ2v) is 6.88. The quantitative estimate of drug-likeness (QED) is 0.370. The molecule has 0 aromatic heterocycles. The first kappa shape index (κ1) is 24.2. The molecule has 2 aromatic rings. The molecule has 0 atom stereocenters. The Kier molecular flexibility index (Phi) is 11.0. The number of unbranched alkanes of at least 4 members (excludes halogenated alkanes) is 3. The highest BCUT2D eigenvalue weighted by atomic mass is 16.5. The molecule has 168 valence electrons. The van der Waals surface area contributed by atoms with E-state index < -0.39 is 11.8 Å². The number of ether oxygens (including phenoxy) is 3. The summed E-state index contributed by atoms with van der Waals surface area (Å²) in [6.07, 6.45) is 4.56. The van der Waals surface area contributed by atoms with E-state index in [4.69, 9.17) is 14.2 Å². The van der Waals surface area contributed by atoms with Crippen LogP contribution in [0.25, 0.3) is 0 Å². The van der Waals surface area contributed by atoms with E-state index in [2.05, 4.69) is 17.8 Å². The van der Waals surface area contributed by atoms with E-state index in [1.165, 1.54) is 12.8 Å². The maximum atomic E-state index is 12.5. The van der Waals surface area contributed by atoms with Gasteiger partial charge >= 0.3 is 0 Å². The van der Waals surface area contributed by atoms with Crippen molar-refractivity contribution >= 4 is 11.8 Å². The number of amides is 2. The molecule has 0 saturated heterocycles. The summed E-state index contributed by atoms with van der Waals surface area (Å²) in [5.74, 6) is 0.259. The minimum atomic E-state index is -0.465. The number of hydrogen-bond donors (Lipinski definition) is 2. The lowest BCUT2D eigenvalue weighted by Gasteiger charge is -2.12. The monoisotopic (exact) mass is 428 g/mol. The number of carbonyl (C=O) groups excluding carboxylic acids is 2. The van der Waals surface area contributed by atoms with Crippen molar-refractivity contribution in [1.29, 1.82) is 0 Å². The van der Waals surface area contributed by atoms with Crippen molar-refractivity contribution in [3.05, 3.63) is 59.7 Å². The predicted molar refractivity (Wildman–Crippen MR) is 119 cm³/mol. The van der Waals surface area contributed by atoms with Crippen LogP contribution in [0.2, 0.25) is 0 Å². The highest BCUT2D eigenvalue weighted by Gasteiger charge is 2.14. The predicted octanol–water partition coefficient (Wildman–Crippen LogP) is 4.14. The molecule has 2 rings (SSSR count). The second kappa shape index (κ2) is 14.0. The van der Waals surface area contributed by atoms with Gasteiger partial charge in [-0.3, -0.25) is 20.4 Å². The maximum Gasteiger partial charge on any atom is 0.273 e. The number of nitrogens with one attached hydrogen (secondary N) is 2. The Morgan fingerprint density at radius 2 is 1.52 bits per heavy atom. The summed E-state index contributed by atoms with van der Waals surface area (Å²) < 4.78 is 16.5. The number of hydrazine groups is 1. The van der Waals surface area contributed by atoms with Crippen molar-refractivity contribution in [3.8, 4) is 11.5 Å². The molecular formula is C24H32N2O5. The van der Waals surface area contributed by atoms with Crippen LogP contribution in [0.3, 0.4) is 0 Å². The summed E-state index contributed by atoms with van der Waals surface area (Å²) in [6.45, 7) is 6.10. The van der Waals surface area contributed by atoms with Gasteiger partial charge in [-0.15, -0.1) is 0 Å². The summed E-state index contributed by atoms with van der Waals surface area (Å²) in [6, 6.07) is 13.6. The van der Waals surface area contributed by atoms with Crippen LogP contribution in [-0.4, -0.2) is 38.2 Å². The van der Waals surface area contributed by atoms with E-state index in [0.29, 0.717) is 43.3 Å². The first-order chi connectivity index (χ1) is 15.2. The van der Waals surface area contributed by atoms with Crippen molar-refractivity contribution in [1.82, 2.24) is 10.9 Å². The Morgan fingerprint density at radius 1 is 0.774 bits per heavy atom. The average molecular weight is 429 g/mol. The smallest absolute Gasteiger partial charge is 0.273 e. The zero-order chi connectivity index (χ0) is 22.3. The lowest BCUT2D eigenvalue weighted by atomic mass is 10.2. The van der Waals surface area contributed by atoms with Gasteiger partial charge in [0, 0.05) is 12.2 Å². The Balaban J connectivity index is 1.82. The molecule has 31 heavy (non-hydrogen) atoms. The molecule has 0 heterocycles. The highest BCUT2D eigenvalue weighted by molar-refractivity contribution is 6.00. The molecule has 0 aliphatic carbocycles. The van der Waals surface area contributed by atoms with E-state index in [1.54, 1.807) is 48.5 Å². The van der Waals surface area contributed by atoms with Crippen LogP contribution >= 0.6 is 0 Å². The Labute approximate surface area is 184 Å². The third-order valence-electron chi connectivity index (χ3n) is 4.49. The number of para-hydroxylation sites is 1. The van der Waals surface area contributed by atoms with Crippen molar-refractivity contribution in [2.45, 2.75) is 39.5 Å². The van der Waals surface area contributed by atoms with Crippen LogP contribution in [-0.2, 0) is 4.74 Å². The molecule has 0 fully saturated rings. The Bertz CT molecular complexity index is 808. The van der Waals surface area contributed by atoms with Gasteiger partial charge in [0.05, 0.1) is 18.8 Å². The standard InChI is InChI=1S/C24H32N2O5/c1-3-5-6-9-16-30-20-14-12-19(13-15-20)23(27)25-26-24(28)21-10-7-8-11-22(21)31-18-17-29-4-2/h7-8,10-15H,3-6,9,16-18H2,1-2H3,(H,25,27)(H,26,28). The van der Waals surface area contributed by atoms with E-state index in [9.17, 15) is 9.59 Å². The Hall–Kier alpha value is -3.06. The average Bonchev–Trinajstić information content (AvgIpc) is 2.80. The van der Waals surface area contributed by atoms with Gasteiger partial charge in [-0.05, 0) is 49.7 Å². The molecule has 7 nitrogen and oxygen atoms in total. The normalized spacial score (nSPS) is 10.4. The SMILES string of the molecule is CCCCCCOc1ccc(C(=O)NNC(=O)c2ccccc2OCCOCC)cc1. The van der Waals surface area contributed by atoms with E-state index in [0.717, 1.165) is 18.6 Å². The van der Waals surface area contributed by atoms with Crippen LogP contribution in [0.1, 0.15) is 60.2 Å². The van der Waals surface area contributed by atoms with Crippen molar-refractivity contribution in [3.63, 3.8) is 0 Å². The molecular weight excluding hydrogens is 396 g/mol. The molecule has 0 unspecified atom stereocenters. The summed E-state index contributed by atoms with van der Waals surface area (Å²) in [5, 5.41) is 0. The van der Waals surface area contributed by atoms with Gasteiger partial charge in [-0.2, -0.15) is 0 Å². The van der Waals surface area contributed by atoms with Gasteiger partial charge in [-0.1, -0.05) is 38.3 Å². The highest BCUT2D eigenvalue weighted by Crippen LogP contribution is 2.18. The number of carbonyl (C=O) groups is 2. The molecule has 0 aliphatic heterocycles. The van der Waals surface area contributed by atoms with Gasteiger partial charge in [0.25, 0.3) is 11.8 Å². The third kappa shape index (κ3) is 8.68. The maximum absolute atomic E-state index is 12.5. The van der Waals surface area contributed by atoms with Gasteiger partial charge in [0.15, 0.2) is 0 Å². The molecule has 0 bridgehead atoms. The number of benzene rings is 2. The molecule has 0 radical (unpaired) electrons. The molecule has 2 amide bonds. The molecule has 0 spiro atoms. The van der Waals surface area contributed by atoms with Gasteiger partial charge in [0.2, 0.25) is 0 Å². The largest absolute Gasteiger partial charge is 0.494 e. The summed E-state index contributed by atoms with van der Waals surface area (Å²) in [4.78, 5) is 24.8. The lowest BCUT2D eigenvalue weighted by Crippen LogP contribution is -2.41. The molecule has 7 heteroatoms. The van der Waals surface area contributed by atoms with E-state index in [1.807, 2.05) is 6.92 Å². The fraction of sp³-hybridized carbons (Fsp3) is 0.417. The van der Waals surface area contributed by atoms with Gasteiger partial charge in [-0.25, -0.2) is 0 Å². The van der Waals surface area contributed by atoms with Crippen molar-refractivity contribution < 1.29 is 23.8 Å². The molecule has 0 aliphatic rings. The van der Waals surface area contributed by atoms with Crippen molar-refractivity contribution in [2.24, 2.45) is 0 Å². The van der Waals surface area contributed by atoms with Gasteiger partial charge < -0.3 is 14.2 Å². The second-order valence-electron chi connectivity index (χ2n) is 6.88. The van der Waals surface area contributed by atoms with E-state index >= 15 is 0 Å². The zero-order valence-electron chi connectivity index (χ0n) is 18.3. The number of rotatable bonds is 13. The van der Waals surface area contributed by atoms with E-state index in [-0.39, 0.29) is 0 Å². The summed E-state index contributed by atoms with van der Waals surface area (Å²) in [7, 11) is 0. The fourth-order valence-corrected chi connectivity index (χ4v) is 2.81. The molecule has 2 N–H and O–H groups in total. The van der Waals surface area contributed by atoms with Crippen LogP contribution in [0.4, 0.5) is 0 Å². The zero-order valence-corrected chi connectivity index (χ0v) is 18.3. The van der Waals surface area contributed by atoms with Crippen LogP contribution in [0.15, 0.2) is 48.5 Å². The summed E-state index contributed by atoms with van der Waals surface area (Å²) in [5.41, 5.74) is 5.60. The fourth-order valence-electron chi connectivity index (χ4n) is 2.81. The van der Waals surface area contributed by atoms with Crippen molar-refractivity contribution in [2.75, 3.05) is 26.4 Å².